The molecule has 16 heavy (non-hydrogen) atoms. The van der Waals surface area contributed by atoms with Crippen LogP contribution < -0.4 is 11.1 Å². The van der Waals surface area contributed by atoms with Crippen LogP contribution in [0.2, 0.25) is 0 Å². The van der Waals surface area contributed by atoms with E-state index in [0.717, 1.165) is 18.0 Å². The first kappa shape index (κ1) is 12.7. The normalized spacial score (nSPS) is 12.5. The fourth-order valence-electron chi connectivity index (χ4n) is 1.36. The molecule has 1 atom stereocenters. The summed E-state index contributed by atoms with van der Waals surface area (Å²) in [6.07, 6.45) is 0. The Morgan fingerprint density at radius 1 is 1.38 bits per heavy atom. The number of rotatable bonds is 5. The standard InChI is InChI=1S/C11H20N4O/c1-5-16-6-7(2)13-11-8(3)10(12)14-9(4)15-11/h7H,5-6H2,1-4H3,(H3,12,13,14,15). The predicted molar refractivity (Wildman–Crippen MR) is 65.5 cm³/mol. The molecule has 0 spiro atoms. The maximum atomic E-state index is 5.77. The number of ether oxygens (including phenoxy) is 1. The summed E-state index contributed by atoms with van der Waals surface area (Å²) in [5.41, 5.74) is 6.66. The highest BCUT2D eigenvalue weighted by Gasteiger charge is 2.09. The van der Waals surface area contributed by atoms with Gasteiger partial charge in [-0.1, -0.05) is 0 Å². The molecule has 0 aromatic carbocycles. The minimum Gasteiger partial charge on any atom is -0.383 e. The van der Waals surface area contributed by atoms with Crippen molar-refractivity contribution in [2.24, 2.45) is 0 Å². The Bertz CT molecular complexity index is 354. The SMILES string of the molecule is CCOCC(C)Nc1nc(C)nc(N)c1C. The summed E-state index contributed by atoms with van der Waals surface area (Å²) in [4.78, 5) is 8.42. The second-order valence-electron chi connectivity index (χ2n) is 3.83. The number of nitrogens with zero attached hydrogens (tertiary/aromatic N) is 2. The Morgan fingerprint density at radius 3 is 2.69 bits per heavy atom. The molecule has 0 saturated heterocycles. The van der Waals surface area contributed by atoms with Gasteiger partial charge in [0, 0.05) is 18.2 Å². The maximum Gasteiger partial charge on any atom is 0.135 e. The second-order valence-corrected chi connectivity index (χ2v) is 3.83. The highest BCUT2D eigenvalue weighted by atomic mass is 16.5. The predicted octanol–water partition coefficient (Wildman–Crippen LogP) is 1.51. The van der Waals surface area contributed by atoms with E-state index in [1.807, 2.05) is 27.7 Å². The zero-order valence-corrected chi connectivity index (χ0v) is 10.4. The number of nitrogens with one attached hydrogen (secondary N) is 1. The van der Waals surface area contributed by atoms with E-state index in [1.54, 1.807) is 0 Å². The van der Waals surface area contributed by atoms with Crippen LogP contribution in [0.15, 0.2) is 0 Å². The molecule has 0 aliphatic heterocycles. The Kier molecular flexibility index (Phi) is 4.49. The number of aromatic nitrogens is 2. The Balaban J connectivity index is 2.72. The van der Waals surface area contributed by atoms with Crippen molar-refractivity contribution in [3.8, 4) is 0 Å². The number of hydrogen-bond acceptors (Lipinski definition) is 5. The lowest BCUT2D eigenvalue weighted by Crippen LogP contribution is -2.23. The van der Waals surface area contributed by atoms with Gasteiger partial charge in [0.15, 0.2) is 0 Å². The van der Waals surface area contributed by atoms with Gasteiger partial charge in [-0.3, -0.25) is 0 Å². The van der Waals surface area contributed by atoms with Crippen LogP contribution in [0.4, 0.5) is 11.6 Å². The van der Waals surface area contributed by atoms with Crippen LogP contribution in [0, 0.1) is 13.8 Å². The van der Waals surface area contributed by atoms with Crippen molar-refractivity contribution in [2.75, 3.05) is 24.3 Å². The van der Waals surface area contributed by atoms with E-state index in [9.17, 15) is 0 Å². The topological polar surface area (TPSA) is 73.1 Å². The van der Waals surface area contributed by atoms with Crippen LogP contribution >= 0.6 is 0 Å². The molecule has 0 amide bonds. The number of aryl methyl sites for hydroxylation is 1. The zero-order chi connectivity index (χ0) is 12.1. The van der Waals surface area contributed by atoms with Crippen molar-refractivity contribution in [1.82, 2.24) is 9.97 Å². The zero-order valence-electron chi connectivity index (χ0n) is 10.4. The molecule has 1 aromatic heterocycles. The van der Waals surface area contributed by atoms with Crippen molar-refractivity contribution in [3.05, 3.63) is 11.4 Å². The molecule has 0 aliphatic carbocycles. The van der Waals surface area contributed by atoms with Crippen molar-refractivity contribution in [2.45, 2.75) is 33.7 Å². The lowest BCUT2D eigenvalue weighted by Gasteiger charge is -2.16. The van der Waals surface area contributed by atoms with E-state index in [4.69, 9.17) is 10.5 Å². The molecule has 0 saturated carbocycles. The van der Waals surface area contributed by atoms with E-state index < -0.39 is 0 Å². The lowest BCUT2D eigenvalue weighted by molar-refractivity contribution is 0.141. The first-order chi connectivity index (χ1) is 7.54. The molecule has 1 aromatic rings. The van der Waals surface area contributed by atoms with E-state index in [0.29, 0.717) is 18.2 Å². The summed E-state index contributed by atoms with van der Waals surface area (Å²) >= 11 is 0. The number of nitrogens with two attached hydrogens (primary N) is 1. The van der Waals surface area contributed by atoms with Gasteiger partial charge >= 0.3 is 0 Å². The third kappa shape index (κ3) is 3.34. The second kappa shape index (κ2) is 5.65. The molecule has 1 unspecified atom stereocenters. The highest BCUT2D eigenvalue weighted by Crippen LogP contribution is 2.17. The van der Waals surface area contributed by atoms with Gasteiger partial charge in [0.1, 0.15) is 17.5 Å². The molecule has 0 aliphatic rings. The highest BCUT2D eigenvalue weighted by molar-refractivity contribution is 5.55. The fourth-order valence-corrected chi connectivity index (χ4v) is 1.36. The molecule has 0 fully saturated rings. The van der Waals surface area contributed by atoms with Gasteiger partial charge in [0.05, 0.1) is 6.61 Å². The number of hydrogen-bond donors (Lipinski definition) is 2. The first-order valence-electron chi connectivity index (χ1n) is 5.49. The van der Waals surface area contributed by atoms with Crippen molar-refractivity contribution >= 4 is 11.6 Å². The lowest BCUT2D eigenvalue weighted by atomic mass is 10.2. The minimum absolute atomic E-state index is 0.201. The van der Waals surface area contributed by atoms with Gasteiger partial charge in [-0.05, 0) is 27.7 Å². The largest absolute Gasteiger partial charge is 0.383 e. The smallest absolute Gasteiger partial charge is 0.135 e. The van der Waals surface area contributed by atoms with Crippen LogP contribution in [-0.4, -0.2) is 29.2 Å². The van der Waals surface area contributed by atoms with Gasteiger partial charge in [0.2, 0.25) is 0 Å². The minimum atomic E-state index is 0.201. The van der Waals surface area contributed by atoms with E-state index in [1.165, 1.54) is 0 Å². The monoisotopic (exact) mass is 224 g/mol. The quantitative estimate of drug-likeness (QED) is 0.793. The number of anilines is 2. The van der Waals surface area contributed by atoms with Crippen LogP contribution in [0.5, 0.6) is 0 Å². The van der Waals surface area contributed by atoms with Gasteiger partial charge in [-0.2, -0.15) is 0 Å². The van der Waals surface area contributed by atoms with Gasteiger partial charge in [-0.15, -0.1) is 0 Å². The van der Waals surface area contributed by atoms with Crippen molar-refractivity contribution in [1.29, 1.82) is 0 Å². The summed E-state index contributed by atoms with van der Waals surface area (Å²) in [6.45, 7) is 9.13. The summed E-state index contributed by atoms with van der Waals surface area (Å²) in [5.74, 6) is 1.99. The molecular formula is C11H20N4O. The van der Waals surface area contributed by atoms with Crippen LogP contribution in [0.1, 0.15) is 25.2 Å². The Morgan fingerprint density at radius 2 is 2.06 bits per heavy atom. The molecule has 0 bridgehead atoms. The first-order valence-corrected chi connectivity index (χ1v) is 5.49. The molecule has 3 N–H and O–H groups in total. The van der Waals surface area contributed by atoms with Crippen molar-refractivity contribution < 1.29 is 4.74 Å². The van der Waals surface area contributed by atoms with E-state index in [-0.39, 0.29) is 6.04 Å². The molecule has 90 valence electrons. The molecule has 0 radical (unpaired) electrons. The summed E-state index contributed by atoms with van der Waals surface area (Å²) in [6, 6.07) is 0.201. The summed E-state index contributed by atoms with van der Waals surface area (Å²) in [5, 5.41) is 3.27. The van der Waals surface area contributed by atoms with E-state index in [2.05, 4.69) is 15.3 Å². The molecule has 1 heterocycles. The van der Waals surface area contributed by atoms with Gasteiger partial charge in [0.25, 0.3) is 0 Å². The Hall–Kier alpha value is -1.36. The maximum absolute atomic E-state index is 5.77. The molecule has 5 heteroatoms. The van der Waals surface area contributed by atoms with Crippen LogP contribution in [-0.2, 0) is 4.74 Å². The van der Waals surface area contributed by atoms with Crippen LogP contribution in [0.3, 0.4) is 0 Å². The molecular weight excluding hydrogens is 204 g/mol. The Labute approximate surface area is 96.4 Å². The van der Waals surface area contributed by atoms with Gasteiger partial charge < -0.3 is 15.8 Å². The average molecular weight is 224 g/mol. The summed E-state index contributed by atoms with van der Waals surface area (Å²) < 4.78 is 5.33. The molecule has 1 rings (SSSR count). The molecule has 5 nitrogen and oxygen atoms in total. The van der Waals surface area contributed by atoms with E-state index >= 15 is 0 Å². The fraction of sp³-hybridized carbons (Fsp3) is 0.636. The number of nitrogen functional groups attached to an aromatic ring is 1. The average Bonchev–Trinajstić information content (AvgIpc) is 2.22. The summed E-state index contributed by atoms with van der Waals surface area (Å²) in [7, 11) is 0. The third-order valence-electron chi connectivity index (χ3n) is 2.25. The van der Waals surface area contributed by atoms with Gasteiger partial charge in [-0.25, -0.2) is 9.97 Å². The van der Waals surface area contributed by atoms with Crippen molar-refractivity contribution in [3.63, 3.8) is 0 Å². The third-order valence-corrected chi connectivity index (χ3v) is 2.25. The van der Waals surface area contributed by atoms with Crippen LogP contribution in [0.25, 0.3) is 0 Å².